The Morgan fingerprint density at radius 2 is 2.03 bits per heavy atom. The highest BCUT2D eigenvalue weighted by molar-refractivity contribution is 5.90. The average Bonchev–Trinajstić information content (AvgIpc) is 3.33. The third-order valence-corrected chi connectivity index (χ3v) is 6.43. The molecule has 2 aromatic rings. The maximum Gasteiger partial charge on any atom is 0.246 e. The van der Waals surface area contributed by atoms with Gasteiger partial charge in [-0.15, -0.1) is 0 Å². The Labute approximate surface area is 201 Å². The summed E-state index contributed by atoms with van der Waals surface area (Å²) < 4.78 is 0. The van der Waals surface area contributed by atoms with Gasteiger partial charge >= 0.3 is 0 Å². The molecule has 0 bridgehead atoms. The van der Waals surface area contributed by atoms with Crippen molar-refractivity contribution in [2.24, 2.45) is 5.92 Å². The van der Waals surface area contributed by atoms with Gasteiger partial charge in [0.15, 0.2) is 0 Å². The molecule has 2 amide bonds. The van der Waals surface area contributed by atoms with Crippen LogP contribution in [0.4, 0.5) is 0 Å². The SMILES string of the molecule is C=CN(C)[C@H](C(=O)N1CCC[C@H]1C(=O)N[C@@H](CO)c1ccc(-c2ncncc2C)cc1)C(C)C. The molecule has 1 aromatic carbocycles. The lowest BCUT2D eigenvalue weighted by Gasteiger charge is -2.35. The summed E-state index contributed by atoms with van der Waals surface area (Å²) in [7, 11) is 1.83. The third-order valence-electron chi connectivity index (χ3n) is 6.43. The number of amides is 2. The van der Waals surface area contributed by atoms with Gasteiger partial charge in [0.1, 0.15) is 18.4 Å². The van der Waals surface area contributed by atoms with Crippen molar-refractivity contribution in [1.82, 2.24) is 25.1 Å². The van der Waals surface area contributed by atoms with E-state index in [1.54, 1.807) is 22.2 Å². The summed E-state index contributed by atoms with van der Waals surface area (Å²) in [6, 6.07) is 6.10. The molecular formula is C26H35N5O3. The molecule has 1 saturated heterocycles. The summed E-state index contributed by atoms with van der Waals surface area (Å²) in [5, 5.41) is 13.0. The van der Waals surface area contributed by atoms with E-state index in [1.165, 1.54) is 6.33 Å². The Bertz CT molecular complexity index is 1010. The zero-order chi connectivity index (χ0) is 24.8. The number of hydrogen-bond donors (Lipinski definition) is 2. The Morgan fingerprint density at radius 1 is 1.32 bits per heavy atom. The fourth-order valence-electron chi connectivity index (χ4n) is 4.59. The van der Waals surface area contributed by atoms with Crippen LogP contribution in [0.5, 0.6) is 0 Å². The highest BCUT2D eigenvalue weighted by Gasteiger charge is 2.39. The number of carbonyl (C=O) groups excluding carboxylic acids is 2. The van der Waals surface area contributed by atoms with Crippen molar-refractivity contribution in [3.05, 3.63) is 60.7 Å². The summed E-state index contributed by atoms with van der Waals surface area (Å²) in [5.74, 6) is -0.244. The number of nitrogens with one attached hydrogen (secondary N) is 1. The Hall–Kier alpha value is -3.26. The number of aromatic nitrogens is 2. The number of nitrogens with zero attached hydrogens (tertiary/aromatic N) is 4. The van der Waals surface area contributed by atoms with E-state index in [0.717, 1.165) is 28.8 Å². The number of aliphatic hydroxyl groups excluding tert-OH is 1. The average molecular weight is 466 g/mol. The van der Waals surface area contributed by atoms with Gasteiger partial charge < -0.3 is 20.2 Å². The summed E-state index contributed by atoms with van der Waals surface area (Å²) in [6.45, 7) is 10.0. The number of carbonyl (C=O) groups is 2. The Balaban J connectivity index is 1.73. The first-order chi connectivity index (χ1) is 16.3. The molecule has 2 heterocycles. The molecule has 8 nitrogen and oxygen atoms in total. The topological polar surface area (TPSA) is 98.7 Å². The minimum Gasteiger partial charge on any atom is -0.394 e. The van der Waals surface area contributed by atoms with Crippen LogP contribution in [0, 0.1) is 12.8 Å². The van der Waals surface area contributed by atoms with E-state index in [1.807, 2.05) is 52.1 Å². The van der Waals surface area contributed by atoms with E-state index in [9.17, 15) is 14.7 Å². The second-order valence-electron chi connectivity index (χ2n) is 9.15. The predicted octanol–water partition coefficient (Wildman–Crippen LogP) is 2.69. The van der Waals surface area contributed by atoms with Gasteiger partial charge in [-0.25, -0.2) is 9.97 Å². The first-order valence-corrected chi connectivity index (χ1v) is 11.7. The maximum absolute atomic E-state index is 13.3. The Kier molecular flexibility index (Phi) is 8.39. The summed E-state index contributed by atoms with van der Waals surface area (Å²) >= 11 is 0. The van der Waals surface area contributed by atoms with Crippen LogP contribution in [0.3, 0.4) is 0 Å². The van der Waals surface area contributed by atoms with E-state index in [0.29, 0.717) is 13.0 Å². The number of likely N-dealkylation sites (tertiary alicyclic amines) is 1. The van der Waals surface area contributed by atoms with Crippen molar-refractivity contribution in [2.75, 3.05) is 20.2 Å². The van der Waals surface area contributed by atoms with E-state index in [2.05, 4.69) is 21.9 Å². The number of aliphatic hydroxyl groups is 1. The van der Waals surface area contributed by atoms with Crippen molar-refractivity contribution in [1.29, 1.82) is 0 Å². The molecule has 0 spiro atoms. The molecule has 1 fully saturated rings. The maximum atomic E-state index is 13.3. The fourth-order valence-corrected chi connectivity index (χ4v) is 4.59. The lowest BCUT2D eigenvalue weighted by Crippen LogP contribution is -2.54. The number of aryl methyl sites for hydroxylation is 1. The third kappa shape index (κ3) is 5.44. The quantitative estimate of drug-likeness (QED) is 0.591. The highest BCUT2D eigenvalue weighted by atomic mass is 16.3. The van der Waals surface area contributed by atoms with Gasteiger partial charge in [0.05, 0.1) is 18.3 Å². The zero-order valence-electron chi connectivity index (χ0n) is 20.4. The standard InChI is InChI=1S/C26H35N5O3/c1-6-30(5)24(17(2)3)26(34)31-13-7-8-22(31)25(33)29-21(15-32)19-9-11-20(12-10-19)23-18(4)14-27-16-28-23/h6,9-12,14,16-17,21-22,24,32H,1,7-8,13,15H2,2-5H3,(H,29,33)/t21-,22-,24-/m0/s1. The largest absolute Gasteiger partial charge is 0.394 e. The molecule has 3 rings (SSSR count). The molecule has 34 heavy (non-hydrogen) atoms. The van der Waals surface area contributed by atoms with Gasteiger partial charge in [0.2, 0.25) is 11.8 Å². The zero-order valence-corrected chi connectivity index (χ0v) is 20.4. The van der Waals surface area contributed by atoms with Crippen LogP contribution in [0.1, 0.15) is 43.9 Å². The van der Waals surface area contributed by atoms with Gasteiger partial charge in [-0.1, -0.05) is 44.7 Å². The van der Waals surface area contributed by atoms with Crippen molar-refractivity contribution in [3.63, 3.8) is 0 Å². The molecule has 0 unspecified atom stereocenters. The molecule has 1 aromatic heterocycles. The molecular weight excluding hydrogens is 430 g/mol. The van der Waals surface area contributed by atoms with E-state index >= 15 is 0 Å². The van der Waals surface area contributed by atoms with Crippen LogP contribution in [0.15, 0.2) is 49.6 Å². The van der Waals surface area contributed by atoms with Crippen molar-refractivity contribution < 1.29 is 14.7 Å². The predicted molar refractivity (Wildman–Crippen MR) is 131 cm³/mol. The molecule has 1 aliphatic heterocycles. The summed E-state index contributed by atoms with van der Waals surface area (Å²) in [5.41, 5.74) is 3.53. The van der Waals surface area contributed by atoms with E-state index < -0.39 is 12.1 Å². The lowest BCUT2D eigenvalue weighted by atomic mass is 10.0. The number of likely N-dealkylation sites (N-methyl/N-ethyl adjacent to an activating group) is 1. The molecule has 0 saturated carbocycles. The smallest absolute Gasteiger partial charge is 0.246 e. The first-order valence-electron chi connectivity index (χ1n) is 11.7. The molecule has 8 heteroatoms. The van der Waals surface area contributed by atoms with Crippen LogP contribution in [-0.4, -0.2) is 69.0 Å². The number of hydrogen-bond acceptors (Lipinski definition) is 6. The molecule has 0 radical (unpaired) electrons. The van der Waals surface area contributed by atoms with Crippen LogP contribution >= 0.6 is 0 Å². The van der Waals surface area contributed by atoms with Crippen molar-refractivity contribution >= 4 is 11.8 Å². The molecule has 182 valence electrons. The second-order valence-corrected chi connectivity index (χ2v) is 9.15. The number of benzene rings is 1. The van der Waals surface area contributed by atoms with Crippen molar-refractivity contribution in [2.45, 2.75) is 51.7 Å². The molecule has 3 atom stereocenters. The Morgan fingerprint density at radius 3 is 2.62 bits per heavy atom. The normalized spacial score (nSPS) is 17.4. The molecule has 2 N–H and O–H groups in total. The van der Waals surface area contributed by atoms with Crippen LogP contribution < -0.4 is 5.32 Å². The highest BCUT2D eigenvalue weighted by Crippen LogP contribution is 2.25. The van der Waals surface area contributed by atoms with Crippen LogP contribution in [0.25, 0.3) is 11.3 Å². The molecule has 1 aliphatic rings. The van der Waals surface area contributed by atoms with Crippen LogP contribution in [0.2, 0.25) is 0 Å². The van der Waals surface area contributed by atoms with E-state index in [-0.39, 0.29) is 30.4 Å². The lowest BCUT2D eigenvalue weighted by molar-refractivity contribution is -0.143. The minimum atomic E-state index is -0.567. The van der Waals surface area contributed by atoms with Gasteiger partial charge in [-0.3, -0.25) is 9.59 Å². The number of rotatable bonds is 9. The van der Waals surface area contributed by atoms with Crippen molar-refractivity contribution in [3.8, 4) is 11.3 Å². The van der Waals surface area contributed by atoms with Crippen LogP contribution in [-0.2, 0) is 9.59 Å². The molecule has 0 aliphatic carbocycles. The first kappa shape index (κ1) is 25.4. The second kappa shape index (κ2) is 11.2. The van der Waals surface area contributed by atoms with Gasteiger partial charge in [0.25, 0.3) is 0 Å². The fraction of sp³-hybridized carbons (Fsp3) is 0.462. The van der Waals surface area contributed by atoms with Gasteiger partial charge in [-0.2, -0.15) is 0 Å². The minimum absolute atomic E-state index is 0.0693. The van der Waals surface area contributed by atoms with E-state index in [4.69, 9.17) is 0 Å². The van der Waals surface area contributed by atoms with Gasteiger partial charge in [0, 0.05) is 25.4 Å². The monoisotopic (exact) mass is 465 g/mol. The summed E-state index contributed by atoms with van der Waals surface area (Å²) in [4.78, 5) is 38.4. The van der Waals surface area contributed by atoms with Gasteiger partial charge in [-0.05, 0) is 43.0 Å². The summed E-state index contributed by atoms with van der Waals surface area (Å²) in [6.07, 6.45) is 6.28.